The van der Waals surface area contributed by atoms with Crippen LogP contribution < -0.4 is 0 Å². The molecule has 1 aromatic heterocycles. The van der Waals surface area contributed by atoms with E-state index in [4.69, 9.17) is 9.47 Å². The maximum absolute atomic E-state index is 11.9. The molecule has 0 aliphatic rings. The van der Waals surface area contributed by atoms with Gasteiger partial charge < -0.3 is 9.47 Å². The Bertz CT molecular complexity index is 1000. The first kappa shape index (κ1) is 24.2. The van der Waals surface area contributed by atoms with Gasteiger partial charge in [0.25, 0.3) is 0 Å². The predicted molar refractivity (Wildman–Crippen MR) is 122 cm³/mol. The number of nitrogens with zero attached hydrogens (tertiary/aromatic N) is 3. The molecule has 6 nitrogen and oxygen atoms in total. The van der Waals surface area contributed by atoms with Gasteiger partial charge in [0.1, 0.15) is 17.3 Å². The molecule has 166 valence electrons. The van der Waals surface area contributed by atoms with Gasteiger partial charge in [-0.05, 0) is 36.3 Å². The molecule has 1 heterocycles. The molecular weight excluding hydrogens is 390 g/mol. The van der Waals surface area contributed by atoms with Gasteiger partial charge >= 0.3 is 5.97 Å². The lowest BCUT2D eigenvalue weighted by molar-refractivity contribution is -0.152. The number of carbonyl (C=O) groups excluding carboxylic acids is 1. The minimum absolute atomic E-state index is 0.00867. The highest BCUT2D eigenvalue weighted by atomic mass is 16.7. The Balaban J connectivity index is 2.49. The van der Waals surface area contributed by atoms with Crippen LogP contribution in [0.3, 0.4) is 0 Å². The van der Waals surface area contributed by atoms with Gasteiger partial charge in [-0.1, -0.05) is 58.9 Å². The summed E-state index contributed by atoms with van der Waals surface area (Å²) in [5.74, 6) is 0.213. The third-order valence-corrected chi connectivity index (χ3v) is 5.11. The fourth-order valence-electron chi connectivity index (χ4n) is 3.27. The molecule has 0 N–H and O–H groups in total. The van der Waals surface area contributed by atoms with E-state index in [2.05, 4.69) is 31.9 Å². The van der Waals surface area contributed by atoms with Crippen molar-refractivity contribution in [2.24, 2.45) is 13.0 Å². The number of esters is 1. The minimum atomic E-state index is -0.333. The highest BCUT2D eigenvalue weighted by Gasteiger charge is 2.22. The first-order valence-electron chi connectivity index (χ1n) is 10.5. The van der Waals surface area contributed by atoms with Gasteiger partial charge in [0.15, 0.2) is 5.76 Å². The van der Waals surface area contributed by atoms with Crippen LogP contribution in [-0.2, 0) is 26.7 Å². The van der Waals surface area contributed by atoms with Crippen LogP contribution in [0.25, 0.3) is 11.3 Å². The van der Waals surface area contributed by atoms with Gasteiger partial charge in [0, 0.05) is 19.0 Å². The number of allylic oxidation sites excluding steroid dienone is 1. The summed E-state index contributed by atoms with van der Waals surface area (Å²) in [6, 6.07) is 10.2. The van der Waals surface area contributed by atoms with Crippen LogP contribution in [0.4, 0.5) is 0 Å². The summed E-state index contributed by atoms with van der Waals surface area (Å²) in [6.07, 6.45) is 0.311. The second kappa shape index (κ2) is 9.82. The van der Waals surface area contributed by atoms with Crippen molar-refractivity contribution in [3.63, 3.8) is 0 Å². The molecule has 0 spiro atoms. The first-order chi connectivity index (χ1) is 14.5. The summed E-state index contributed by atoms with van der Waals surface area (Å²) in [5.41, 5.74) is 4.72. The molecular formula is C25H33N3O3. The Morgan fingerprint density at radius 2 is 1.77 bits per heavy atom. The van der Waals surface area contributed by atoms with Crippen molar-refractivity contribution in [1.29, 1.82) is 5.26 Å². The number of nitriles is 1. The topological polar surface area (TPSA) is 77.1 Å². The van der Waals surface area contributed by atoms with Crippen LogP contribution in [0.5, 0.6) is 0 Å². The Morgan fingerprint density at radius 3 is 2.23 bits per heavy atom. The van der Waals surface area contributed by atoms with Crippen LogP contribution in [0.1, 0.15) is 69.1 Å². The molecule has 0 fully saturated rings. The lowest BCUT2D eigenvalue weighted by Crippen LogP contribution is -2.12. The molecule has 2 aromatic rings. The fraction of sp³-hybridized carbons (Fsp3) is 0.480. The van der Waals surface area contributed by atoms with Crippen molar-refractivity contribution in [3.8, 4) is 6.07 Å². The summed E-state index contributed by atoms with van der Waals surface area (Å²) in [4.78, 5) is 11.9. The number of carbonyl (C=O) groups is 1. The first-order valence-corrected chi connectivity index (χ1v) is 10.5. The summed E-state index contributed by atoms with van der Waals surface area (Å²) in [5, 5.41) is 14.5. The summed E-state index contributed by atoms with van der Waals surface area (Å²) in [7, 11) is 1.81. The fourth-order valence-corrected chi connectivity index (χ4v) is 3.27. The maximum Gasteiger partial charge on any atom is 0.308 e. The summed E-state index contributed by atoms with van der Waals surface area (Å²) < 4.78 is 12.9. The zero-order valence-electron chi connectivity index (χ0n) is 19.9. The van der Waals surface area contributed by atoms with E-state index >= 15 is 0 Å². The van der Waals surface area contributed by atoms with Gasteiger partial charge in [-0.25, -0.2) is 0 Å². The third-order valence-electron chi connectivity index (χ3n) is 5.11. The van der Waals surface area contributed by atoms with Crippen LogP contribution in [0.15, 0.2) is 24.3 Å². The van der Waals surface area contributed by atoms with Crippen LogP contribution >= 0.6 is 0 Å². The maximum atomic E-state index is 11.9. The van der Waals surface area contributed by atoms with Gasteiger partial charge in [0.05, 0.1) is 5.69 Å². The molecule has 2 rings (SSSR count). The second-order valence-electron chi connectivity index (χ2n) is 9.20. The largest absolute Gasteiger partial charge is 0.454 e. The summed E-state index contributed by atoms with van der Waals surface area (Å²) >= 11 is 0. The number of hydrogen-bond donors (Lipinski definition) is 0. The van der Waals surface area contributed by atoms with Crippen molar-refractivity contribution in [2.75, 3.05) is 6.79 Å². The van der Waals surface area contributed by atoms with E-state index in [0.717, 1.165) is 16.8 Å². The van der Waals surface area contributed by atoms with Gasteiger partial charge in [0.2, 0.25) is 6.79 Å². The van der Waals surface area contributed by atoms with Crippen molar-refractivity contribution in [1.82, 2.24) is 9.78 Å². The lowest BCUT2D eigenvalue weighted by Gasteiger charge is -2.19. The Labute approximate surface area is 185 Å². The number of aryl methyl sites for hydroxylation is 2. The standard InChI is InChI=1S/C25H33N3O3/c1-16(2)13-22(29)30-15-31-24(23-17(3)18(4)27-28(23)8)21(14-26)19-9-11-20(12-10-19)25(5,6)7/h9-12,16H,13,15H2,1-8H3/b24-21-. The average molecular weight is 424 g/mol. The van der Waals surface area contributed by atoms with E-state index in [1.807, 2.05) is 52.0 Å². The number of ether oxygens (including phenoxy) is 2. The van der Waals surface area contributed by atoms with Gasteiger partial charge in [-0.2, -0.15) is 10.4 Å². The third kappa shape index (κ3) is 5.97. The molecule has 0 aliphatic carbocycles. The Hall–Kier alpha value is -3.07. The normalized spacial score (nSPS) is 12.4. The molecule has 0 unspecified atom stereocenters. The smallest absolute Gasteiger partial charge is 0.308 e. The van der Waals surface area contributed by atoms with Crippen LogP contribution in [0, 0.1) is 31.1 Å². The average Bonchev–Trinajstić information content (AvgIpc) is 2.92. The number of aromatic nitrogens is 2. The molecule has 0 saturated heterocycles. The molecule has 0 aliphatic heterocycles. The zero-order chi connectivity index (χ0) is 23.3. The molecule has 0 atom stereocenters. The van der Waals surface area contributed by atoms with Crippen LogP contribution in [0.2, 0.25) is 0 Å². The van der Waals surface area contributed by atoms with E-state index in [0.29, 0.717) is 23.4 Å². The van der Waals surface area contributed by atoms with Gasteiger partial charge in [-0.15, -0.1) is 0 Å². The predicted octanol–water partition coefficient (Wildman–Crippen LogP) is 5.29. The number of hydrogen-bond acceptors (Lipinski definition) is 5. The van der Waals surface area contributed by atoms with E-state index in [-0.39, 0.29) is 24.1 Å². The molecule has 0 saturated carbocycles. The van der Waals surface area contributed by atoms with Crippen molar-refractivity contribution in [2.45, 2.75) is 60.3 Å². The number of rotatable bonds is 7. The highest BCUT2D eigenvalue weighted by molar-refractivity contribution is 5.94. The number of benzene rings is 1. The van der Waals surface area contributed by atoms with Crippen molar-refractivity contribution < 1.29 is 14.3 Å². The highest BCUT2D eigenvalue weighted by Crippen LogP contribution is 2.31. The van der Waals surface area contributed by atoms with Crippen molar-refractivity contribution in [3.05, 3.63) is 52.3 Å². The van der Waals surface area contributed by atoms with E-state index in [9.17, 15) is 10.1 Å². The summed E-state index contributed by atoms with van der Waals surface area (Å²) in [6.45, 7) is 13.9. The van der Waals surface area contributed by atoms with E-state index < -0.39 is 0 Å². The van der Waals surface area contributed by atoms with E-state index in [1.165, 1.54) is 5.56 Å². The lowest BCUT2D eigenvalue weighted by atomic mass is 9.86. The zero-order valence-corrected chi connectivity index (χ0v) is 19.9. The van der Waals surface area contributed by atoms with Gasteiger partial charge in [-0.3, -0.25) is 9.48 Å². The second-order valence-corrected chi connectivity index (χ2v) is 9.20. The van der Waals surface area contributed by atoms with E-state index in [1.54, 1.807) is 11.7 Å². The Kier molecular flexibility index (Phi) is 7.67. The monoisotopic (exact) mass is 423 g/mol. The molecule has 0 amide bonds. The molecule has 1 aromatic carbocycles. The quantitative estimate of drug-likeness (QED) is 0.262. The van der Waals surface area contributed by atoms with Crippen molar-refractivity contribution >= 4 is 17.3 Å². The minimum Gasteiger partial charge on any atom is -0.454 e. The van der Waals surface area contributed by atoms with Crippen LogP contribution in [-0.4, -0.2) is 22.5 Å². The molecule has 31 heavy (non-hydrogen) atoms. The molecule has 6 heteroatoms. The SMILES string of the molecule is Cc1nn(C)c(/C(OCOC(=O)CC(C)C)=C(\C#N)c2ccc(C(C)(C)C)cc2)c1C. The molecule has 0 radical (unpaired) electrons. The molecule has 0 bridgehead atoms. The Morgan fingerprint density at radius 1 is 1.16 bits per heavy atom.